The largest absolute Gasteiger partial charge is 0.586 e. The number of carbonyl (C=O) groups is 1. The van der Waals surface area contributed by atoms with Gasteiger partial charge in [-0.3, -0.25) is 0 Å². The lowest BCUT2D eigenvalue weighted by Gasteiger charge is -2.26. The molecule has 0 atom stereocenters. The second-order valence-corrected chi connectivity index (χ2v) is 8.62. The van der Waals surface area contributed by atoms with E-state index in [4.69, 9.17) is 9.72 Å². The topological polar surface area (TPSA) is 89.9 Å². The molecular weight excluding hydrogens is 446 g/mol. The second-order valence-electron chi connectivity index (χ2n) is 8.62. The Hall–Kier alpha value is -3.88. The number of aromatic carboxylic acids is 1. The maximum Gasteiger partial charge on any atom is 0.586 e. The standard InChI is InChI=1S/C25H24F2N2O5/c1-14-8-11-20(29-21(14)16-6-5-7-17(23(30)31)22(16)32-4)28-13-24(2,3)15-9-10-18-19(12-15)34-25(26,27)33-18/h5-12H,13H2,1-4H3,(H,28,29)(H,30,31). The van der Waals surface area contributed by atoms with E-state index in [9.17, 15) is 18.7 Å². The van der Waals surface area contributed by atoms with Crippen molar-refractivity contribution in [1.29, 1.82) is 0 Å². The normalized spacial score (nSPS) is 14.1. The van der Waals surface area contributed by atoms with Gasteiger partial charge in [0.25, 0.3) is 0 Å². The number of benzene rings is 2. The SMILES string of the molecule is COc1c(C(=O)O)cccc1-c1nc(NCC(C)(C)c2ccc3c(c2)OC(F)(F)O3)ccc1C. The van der Waals surface area contributed by atoms with E-state index in [0.29, 0.717) is 23.6 Å². The molecule has 2 N–H and O–H groups in total. The van der Waals surface area contributed by atoms with Crippen LogP contribution in [0.4, 0.5) is 14.6 Å². The molecule has 0 saturated heterocycles. The minimum Gasteiger partial charge on any atom is -0.495 e. The number of nitrogens with one attached hydrogen (secondary N) is 1. The summed E-state index contributed by atoms with van der Waals surface area (Å²) >= 11 is 0. The zero-order chi connectivity index (χ0) is 24.7. The third-order valence-corrected chi connectivity index (χ3v) is 5.70. The van der Waals surface area contributed by atoms with Crippen LogP contribution < -0.4 is 19.5 Å². The molecule has 0 spiro atoms. The van der Waals surface area contributed by atoms with Crippen molar-refractivity contribution in [2.24, 2.45) is 0 Å². The van der Waals surface area contributed by atoms with Crippen molar-refractivity contribution in [3.63, 3.8) is 0 Å². The molecule has 0 radical (unpaired) electrons. The van der Waals surface area contributed by atoms with Gasteiger partial charge in [-0.1, -0.05) is 32.0 Å². The highest BCUT2D eigenvalue weighted by Crippen LogP contribution is 2.43. The van der Waals surface area contributed by atoms with Crippen LogP contribution in [0.3, 0.4) is 0 Å². The minimum atomic E-state index is -3.66. The highest BCUT2D eigenvalue weighted by atomic mass is 19.3. The number of ether oxygens (including phenoxy) is 3. The van der Waals surface area contributed by atoms with E-state index in [1.165, 1.54) is 19.2 Å². The molecule has 0 saturated carbocycles. The number of alkyl halides is 2. The fraction of sp³-hybridized carbons (Fsp3) is 0.280. The molecule has 2 aromatic carbocycles. The first-order valence-corrected chi connectivity index (χ1v) is 10.5. The summed E-state index contributed by atoms with van der Waals surface area (Å²) in [7, 11) is 1.42. The molecule has 0 fully saturated rings. The maximum atomic E-state index is 13.4. The van der Waals surface area contributed by atoms with E-state index in [0.717, 1.165) is 11.1 Å². The first-order chi connectivity index (χ1) is 16.0. The number of pyridine rings is 1. The predicted molar refractivity (Wildman–Crippen MR) is 122 cm³/mol. The lowest BCUT2D eigenvalue weighted by atomic mass is 9.84. The number of nitrogens with zero attached hydrogens (tertiary/aromatic N) is 1. The number of anilines is 1. The van der Waals surface area contributed by atoms with Gasteiger partial charge in [0.2, 0.25) is 0 Å². The summed E-state index contributed by atoms with van der Waals surface area (Å²) in [6, 6.07) is 13.3. The summed E-state index contributed by atoms with van der Waals surface area (Å²) < 4.78 is 41.2. The molecule has 7 nitrogen and oxygen atoms in total. The van der Waals surface area contributed by atoms with Crippen LogP contribution in [0.15, 0.2) is 48.5 Å². The minimum absolute atomic E-state index is 0.000101. The third kappa shape index (κ3) is 4.46. The number of aromatic nitrogens is 1. The molecule has 3 aromatic rings. The van der Waals surface area contributed by atoms with Crippen LogP contribution in [-0.2, 0) is 5.41 Å². The lowest BCUT2D eigenvalue weighted by molar-refractivity contribution is -0.286. The fourth-order valence-corrected chi connectivity index (χ4v) is 3.80. The van der Waals surface area contributed by atoms with Crippen LogP contribution in [0.1, 0.15) is 35.3 Å². The summed E-state index contributed by atoms with van der Waals surface area (Å²) in [6.45, 7) is 6.24. The smallest absolute Gasteiger partial charge is 0.495 e. The molecule has 34 heavy (non-hydrogen) atoms. The predicted octanol–water partition coefficient (Wildman–Crippen LogP) is 5.48. The molecule has 0 aliphatic carbocycles. The van der Waals surface area contributed by atoms with Gasteiger partial charge in [-0.2, -0.15) is 0 Å². The quantitative estimate of drug-likeness (QED) is 0.473. The van der Waals surface area contributed by atoms with E-state index in [-0.39, 0.29) is 22.8 Å². The van der Waals surface area contributed by atoms with Crippen molar-refractivity contribution < 1.29 is 32.9 Å². The summed E-state index contributed by atoms with van der Waals surface area (Å²) in [4.78, 5) is 16.3. The van der Waals surface area contributed by atoms with Crippen LogP contribution in [0, 0.1) is 6.92 Å². The molecule has 2 heterocycles. The van der Waals surface area contributed by atoms with E-state index >= 15 is 0 Å². The molecule has 1 aliphatic rings. The van der Waals surface area contributed by atoms with Gasteiger partial charge in [-0.25, -0.2) is 9.78 Å². The van der Waals surface area contributed by atoms with E-state index in [1.807, 2.05) is 32.9 Å². The Bertz CT molecular complexity index is 1260. The molecular formula is C25H24F2N2O5. The van der Waals surface area contributed by atoms with E-state index < -0.39 is 17.7 Å². The second kappa shape index (κ2) is 8.48. The van der Waals surface area contributed by atoms with Gasteiger partial charge in [0, 0.05) is 17.5 Å². The molecule has 0 amide bonds. The Labute approximate surface area is 195 Å². The average Bonchev–Trinajstić information content (AvgIpc) is 3.10. The summed E-state index contributed by atoms with van der Waals surface area (Å²) in [5.41, 5.74) is 2.37. The van der Waals surface area contributed by atoms with Gasteiger partial charge in [0.15, 0.2) is 11.5 Å². The van der Waals surface area contributed by atoms with E-state index in [1.54, 1.807) is 24.3 Å². The Morgan fingerprint density at radius 3 is 2.59 bits per heavy atom. The van der Waals surface area contributed by atoms with Crippen molar-refractivity contribution in [3.8, 4) is 28.5 Å². The van der Waals surface area contributed by atoms with Gasteiger partial charge >= 0.3 is 12.3 Å². The van der Waals surface area contributed by atoms with Crippen LogP contribution in [-0.4, -0.2) is 36.0 Å². The summed E-state index contributed by atoms with van der Waals surface area (Å²) in [5, 5.41) is 12.8. The zero-order valence-electron chi connectivity index (χ0n) is 19.1. The number of hydrogen-bond donors (Lipinski definition) is 2. The highest BCUT2D eigenvalue weighted by molar-refractivity contribution is 5.94. The van der Waals surface area contributed by atoms with Crippen LogP contribution in [0.25, 0.3) is 11.3 Å². The Kier molecular flexibility index (Phi) is 5.80. The number of carboxylic acids is 1. The van der Waals surface area contributed by atoms with Crippen molar-refractivity contribution in [1.82, 2.24) is 4.98 Å². The molecule has 178 valence electrons. The van der Waals surface area contributed by atoms with Crippen molar-refractivity contribution >= 4 is 11.8 Å². The van der Waals surface area contributed by atoms with E-state index in [2.05, 4.69) is 14.8 Å². The number of aryl methyl sites for hydroxylation is 1. The van der Waals surface area contributed by atoms with Crippen LogP contribution in [0.2, 0.25) is 0 Å². The first-order valence-electron chi connectivity index (χ1n) is 10.5. The Balaban J connectivity index is 1.58. The Morgan fingerprint density at radius 1 is 1.15 bits per heavy atom. The molecule has 1 aliphatic heterocycles. The zero-order valence-corrected chi connectivity index (χ0v) is 19.1. The van der Waals surface area contributed by atoms with Gasteiger partial charge < -0.3 is 24.6 Å². The van der Waals surface area contributed by atoms with Crippen molar-refractivity contribution in [2.45, 2.75) is 32.5 Å². The highest BCUT2D eigenvalue weighted by Gasteiger charge is 2.43. The molecule has 0 bridgehead atoms. The average molecular weight is 470 g/mol. The van der Waals surface area contributed by atoms with Crippen molar-refractivity contribution in [3.05, 3.63) is 65.2 Å². The van der Waals surface area contributed by atoms with Gasteiger partial charge in [-0.05, 0) is 48.4 Å². The number of para-hydroxylation sites is 1. The number of methoxy groups -OCH3 is 1. The fourth-order valence-electron chi connectivity index (χ4n) is 3.80. The lowest BCUT2D eigenvalue weighted by Crippen LogP contribution is -2.28. The first kappa shape index (κ1) is 23.3. The molecule has 9 heteroatoms. The third-order valence-electron chi connectivity index (χ3n) is 5.70. The number of hydrogen-bond acceptors (Lipinski definition) is 6. The number of carboxylic acid groups (broad SMARTS) is 1. The molecule has 0 unspecified atom stereocenters. The van der Waals surface area contributed by atoms with Gasteiger partial charge in [-0.15, -0.1) is 8.78 Å². The van der Waals surface area contributed by atoms with Crippen molar-refractivity contribution in [2.75, 3.05) is 19.0 Å². The van der Waals surface area contributed by atoms with Gasteiger partial charge in [0.1, 0.15) is 17.1 Å². The van der Waals surface area contributed by atoms with Crippen LogP contribution in [0.5, 0.6) is 17.2 Å². The summed E-state index contributed by atoms with van der Waals surface area (Å²) in [6.07, 6.45) is -3.66. The monoisotopic (exact) mass is 470 g/mol. The Morgan fingerprint density at radius 2 is 1.88 bits per heavy atom. The molecule has 1 aromatic heterocycles. The maximum absolute atomic E-state index is 13.4. The summed E-state index contributed by atoms with van der Waals surface area (Å²) in [5.74, 6) is -0.283. The van der Waals surface area contributed by atoms with Gasteiger partial charge in [0.05, 0.1) is 12.8 Å². The van der Waals surface area contributed by atoms with Crippen LogP contribution >= 0.6 is 0 Å². The number of fused-ring (bicyclic) bond motifs is 1. The molecule has 4 rings (SSSR count). The number of halogens is 2. The number of rotatable bonds is 7.